The van der Waals surface area contributed by atoms with E-state index < -0.39 is 0 Å². The third kappa shape index (κ3) is 6.37. The first-order chi connectivity index (χ1) is 14.1. The number of piperidine rings is 1. The molecule has 0 bridgehead atoms. The number of likely N-dealkylation sites (tertiary alicyclic amines) is 1. The van der Waals surface area contributed by atoms with Gasteiger partial charge < -0.3 is 29.7 Å². The van der Waals surface area contributed by atoms with E-state index >= 15 is 0 Å². The Kier molecular flexibility index (Phi) is 9.96. The first-order valence-corrected chi connectivity index (χ1v) is 10.4. The van der Waals surface area contributed by atoms with Gasteiger partial charge in [-0.3, -0.25) is 4.79 Å². The molecule has 0 saturated carbocycles. The fourth-order valence-electron chi connectivity index (χ4n) is 3.78. The van der Waals surface area contributed by atoms with Crippen molar-refractivity contribution >= 4 is 35.8 Å². The van der Waals surface area contributed by atoms with Crippen LogP contribution in [0.3, 0.4) is 0 Å². The monoisotopic (exact) mass is 532 g/mol. The Labute approximate surface area is 195 Å². The number of phenolic OH excluding ortho intramolecular Hbond substituents is 1. The highest BCUT2D eigenvalue weighted by atomic mass is 127. The van der Waals surface area contributed by atoms with Crippen molar-refractivity contribution in [3.05, 3.63) is 23.8 Å². The number of carbonyl (C=O) groups excluding carboxylic acids is 1. The van der Waals surface area contributed by atoms with Crippen LogP contribution in [0.15, 0.2) is 23.2 Å². The van der Waals surface area contributed by atoms with Crippen molar-refractivity contribution in [1.82, 2.24) is 15.1 Å². The van der Waals surface area contributed by atoms with E-state index in [2.05, 4.69) is 10.2 Å². The van der Waals surface area contributed by atoms with Crippen molar-refractivity contribution in [1.29, 1.82) is 0 Å². The highest BCUT2D eigenvalue weighted by Crippen LogP contribution is 2.24. The van der Waals surface area contributed by atoms with Gasteiger partial charge in [-0.15, -0.1) is 24.0 Å². The summed E-state index contributed by atoms with van der Waals surface area (Å²) in [5.41, 5.74) is 0.720. The van der Waals surface area contributed by atoms with Crippen LogP contribution >= 0.6 is 24.0 Å². The summed E-state index contributed by atoms with van der Waals surface area (Å²) in [6.45, 7) is 7.41. The van der Waals surface area contributed by atoms with E-state index in [9.17, 15) is 9.90 Å². The zero-order chi connectivity index (χ0) is 20.6. The molecule has 2 heterocycles. The van der Waals surface area contributed by atoms with E-state index in [-0.39, 0.29) is 41.6 Å². The largest absolute Gasteiger partial charge is 0.508 e. The Hall–Kier alpha value is -1.75. The van der Waals surface area contributed by atoms with Gasteiger partial charge in [-0.05, 0) is 38.0 Å². The van der Waals surface area contributed by atoms with Crippen LogP contribution in [0.5, 0.6) is 11.5 Å². The molecule has 0 atom stereocenters. The van der Waals surface area contributed by atoms with E-state index in [0.717, 1.165) is 44.0 Å². The number of hydrogen-bond donors (Lipinski definition) is 2. The van der Waals surface area contributed by atoms with Gasteiger partial charge in [0.05, 0.1) is 26.9 Å². The Morgan fingerprint density at radius 1 is 1.23 bits per heavy atom. The summed E-state index contributed by atoms with van der Waals surface area (Å²) in [5, 5.41) is 13.4. The molecule has 8 nitrogen and oxygen atoms in total. The second kappa shape index (κ2) is 12.2. The molecule has 2 fully saturated rings. The predicted molar refractivity (Wildman–Crippen MR) is 127 cm³/mol. The molecule has 3 rings (SSSR count). The van der Waals surface area contributed by atoms with Gasteiger partial charge >= 0.3 is 0 Å². The normalized spacial score (nSPS) is 18.0. The molecule has 2 aliphatic rings. The van der Waals surface area contributed by atoms with Crippen molar-refractivity contribution in [2.75, 3.05) is 53.0 Å². The lowest BCUT2D eigenvalue weighted by molar-refractivity contribution is -0.140. The van der Waals surface area contributed by atoms with Gasteiger partial charge in [0.1, 0.15) is 11.5 Å². The van der Waals surface area contributed by atoms with Crippen LogP contribution in [-0.4, -0.2) is 79.8 Å². The van der Waals surface area contributed by atoms with Gasteiger partial charge in [-0.2, -0.15) is 0 Å². The number of rotatable bonds is 5. The van der Waals surface area contributed by atoms with Crippen LogP contribution in [0.2, 0.25) is 0 Å². The first kappa shape index (κ1) is 24.5. The molecule has 1 amide bonds. The van der Waals surface area contributed by atoms with Crippen molar-refractivity contribution in [3.63, 3.8) is 0 Å². The van der Waals surface area contributed by atoms with Crippen LogP contribution in [0, 0.1) is 5.92 Å². The van der Waals surface area contributed by atoms with Crippen LogP contribution in [-0.2, 0) is 16.1 Å². The number of guanidine groups is 1. The third-order valence-electron chi connectivity index (χ3n) is 5.49. The average molecular weight is 532 g/mol. The number of morpholine rings is 1. The second-order valence-electron chi connectivity index (χ2n) is 7.36. The number of phenols is 1. The highest BCUT2D eigenvalue weighted by molar-refractivity contribution is 14.0. The van der Waals surface area contributed by atoms with Gasteiger partial charge in [0, 0.05) is 44.2 Å². The standard InChI is InChI=1S/C21H32N4O4.HI/c1-3-22-21(23-15-17-14-18(28-2)4-5-19(17)26)25-8-6-16(7-9-25)20(27)24-10-12-29-13-11-24;/h4-5,14,16,26H,3,6-13,15H2,1-2H3,(H,22,23);1H. The fourth-order valence-corrected chi connectivity index (χ4v) is 3.78. The number of benzene rings is 1. The average Bonchev–Trinajstić information content (AvgIpc) is 2.78. The number of nitrogens with one attached hydrogen (secondary N) is 1. The van der Waals surface area contributed by atoms with Gasteiger partial charge in [0.2, 0.25) is 5.91 Å². The fraction of sp³-hybridized carbons (Fsp3) is 0.619. The lowest BCUT2D eigenvalue weighted by Crippen LogP contribution is -2.50. The number of amides is 1. The minimum Gasteiger partial charge on any atom is -0.508 e. The molecule has 0 aromatic heterocycles. The Morgan fingerprint density at radius 2 is 1.93 bits per heavy atom. The quantitative estimate of drug-likeness (QED) is 0.343. The number of nitrogens with zero attached hydrogens (tertiary/aromatic N) is 3. The molecule has 2 saturated heterocycles. The predicted octanol–water partition coefficient (Wildman–Crippen LogP) is 2.06. The maximum atomic E-state index is 12.7. The maximum Gasteiger partial charge on any atom is 0.225 e. The highest BCUT2D eigenvalue weighted by Gasteiger charge is 2.30. The molecular weight excluding hydrogens is 499 g/mol. The van der Waals surface area contributed by atoms with E-state index in [0.29, 0.717) is 38.6 Å². The minimum atomic E-state index is 0. The van der Waals surface area contributed by atoms with E-state index in [1.165, 1.54) is 0 Å². The lowest BCUT2D eigenvalue weighted by Gasteiger charge is -2.36. The van der Waals surface area contributed by atoms with E-state index in [4.69, 9.17) is 14.5 Å². The molecule has 1 aromatic carbocycles. The number of ether oxygens (including phenoxy) is 2. The minimum absolute atomic E-state index is 0. The molecule has 168 valence electrons. The lowest BCUT2D eigenvalue weighted by atomic mass is 9.95. The zero-order valence-electron chi connectivity index (χ0n) is 17.8. The van der Waals surface area contributed by atoms with Crippen LogP contribution in [0.1, 0.15) is 25.3 Å². The van der Waals surface area contributed by atoms with Gasteiger partial charge in [-0.25, -0.2) is 4.99 Å². The number of aliphatic imine (C=N–C) groups is 1. The summed E-state index contributed by atoms with van der Waals surface area (Å²) in [5.74, 6) is 2.05. The van der Waals surface area contributed by atoms with Gasteiger partial charge in [-0.1, -0.05) is 0 Å². The molecular formula is C21H33IN4O4. The summed E-state index contributed by atoms with van der Waals surface area (Å²) < 4.78 is 10.6. The number of halogens is 1. The molecule has 0 spiro atoms. The van der Waals surface area contributed by atoms with Crippen molar-refractivity contribution in [2.24, 2.45) is 10.9 Å². The van der Waals surface area contributed by atoms with Crippen LogP contribution in [0.25, 0.3) is 0 Å². The third-order valence-corrected chi connectivity index (χ3v) is 5.49. The number of hydrogen-bond acceptors (Lipinski definition) is 5. The number of carbonyl (C=O) groups is 1. The first-order valence-electron chi connectivity index (χ1n) is 10.4. The molecule has 0 radical (unpaired) electrons. The second-order valence-corrected chi connectivity index (χ2v) is 7.36. The van der Waals surface area contributed by atoms with E-state index in [1.807, 2.05) is 11.8 Å². The zero-order valence-corrected chi connectivity index (χ0v) is 20.1. The van der Waals surface area contributed by atoms with Crippen molar-refractivity contribution < 1.29 is 19.4 Å². The van der Waals surface area contributed by atoms with Gasteiger partial charge in [0.25, 0.3) is 0 Å². The van der Waals surface area contributed by atoms with Gasteiger partial charge in [0.15, 0.2) is 5.96 Å². The molecule has 30 heavy (non-hydrogen) atoms. The van der Waals surface area contributed by atoms with Crippen molar-refractivity contribution in [2.45, 2.75) is 26.3 Å². The number of methoxy groups -OCH3 is 1. The SMILES string of the molecule is CCNC(=NCc1cc(OC)ccc1O)N1CCC(C(=O)N2CCOCC2)CC1.I. The number of aromatic hydroxyl groups is 1. The summed E-state index contributed by atoms with van der Waals surface area (Å²) in [7, 11) is 1.60. The smallest absolute Gasteiger partial charge is 0.225 e. The molecule has 2 N–H and O–H groups in total. The molecule has 0 aliphatic carbocycles. The molecule has 0 unspecified atom stereocenters. The summed E-state index contributed by atoms with van der Waals surface area (Å²) in [6, 6.07) is 5.15. The maximum absolute atomic E-state index is 12.7. The Balaban J connectivity index is 0.00000320. The topological polar surface area (TPSA) is 86.6 Å². The summed E-state index contributed by atoms with van der Waals surface area (Å²) >= 11 is 0. The van der Waals surface area contributed by atoms with Crippen LogP contribution in [0.4, 0.5) is 0 Å². The van der Waals surface area contributed by atoms with Crippen LogP contribution < -0.4 is 10.1 Å². The Morgan fingerprint density at radius 3 is 2.57 bits per heavy atom. The van der Waals surface area contributed by atoms with Crippen molar-refractivity contribution in [3.8, 4) is 11.5 Å². The molecule has 1 aromatic rings. The Bertz CT molecular complexity index is 717. The molecule has 9 heteroatoms. The summed E-state index contributed by atoms with van der Waals surface area (Å²) in [6.07, 6.45) is 1.65. The van der Waals surface area contributed by atoms with E-state index in [1.54, 1.807) is 25.3 Å². The summed E-state index contributed by atoms with van der Waals surface area (Å²) in [4.78, 5) is 21.6. The molecule has 2 aliphatic heterocycles.